The number of benzene rings is 1. The maximum Gasteiger partial charge on any atom is 0.236 e. The topological polar surface area (TPSA) is 58.4 Å². The van der Waals surface area contributed by atoms with E-state index in [4.69, 9.17) is 5.73 Å². The van der Waals surface area contributed by atoms with Crippen LogP contribution in [0.25, 0.3) is 0 Å². The zero-order valence-corrected chi connectivity index (χ0v) is 11.7. The Morgan fingerprint density at radius 3 is 2.61 bits per heavy atom. The lowest BCUT2D eigenvalue weighted by atomic mass is 10.1. The van der Waals surface area contributed by atoms with Gasteiger partial charge in [0.1, 0.15) is 0 Å². The highest BCUT2D eigenvalue weighted by molar-refractivity contribution is 5.79. The molecule has 1 rings (SSSR count). The molecule has 0 unspecified atom stereocenters. The summed E-state index contributed by atoms with van der Waals surface area (Å²) in [6.07, 6.45) is 0. The molecular formula is C14H23N3O. The molecule has 1 amide bonds. The number of anilines is 1. The average Bonchev–Trinajstić information content (AvgIpc) is 2.26. The molecule has 0 atom stereocenters. The Morgan fingerprint density at radius 1 is 1.44 bits per heavy atom. The number of nitrogens with zero attached hydrogens (tertiary/aromatic N) is 1. The number of amides is 1. The van der Waals surface area contributed by atoms with Gasteiger partial charge in [-0.3, -0.25) is 4.79 Å². The van der Waals surface area contributed by atoms with Crippen LogP contribution in [0.2, 0.25) is 0 Å². The van der Waals surface area contributed by atoms with Crippen LogP contribution in [0, 0.1) is 6.92 Å². The lowest BCUT2D eigenvalue weighted by Gasteiger charge is -2.19. The molecule has 0 saturated heterocycles. The van der Waals surface area contributed by atoms with Crippen molar-refractivity contribution in [3.63, 3.8) is 0 Å². The molecule has 1 aromatic rings. The van der Waals surface area contributed by atoms with Crippen LogP contribution >= 0.6 is 0 Å². The zero-order valence-electron chi connectivity index (χ0n) is 11.7. The molecule has 1 aromatic carbocycles. The van der Waals surface area contributed by atoms with Crippen LogP contribution in [0.3, 0.4) is 0 Å². The van der Waals surface area contributed by atoms with Gasteiger partial charge >= 0.3 is 0 Å². The second kappa shape index (κ2) is 6.40. The molecule has 0 fully saturated rings. The van der Waals surface area contributed by atoms with Gasteiger partial charge in [0.05, 0.1) is 6.54 Å². The summed E-state index contributed by atoms with van der Waals surface area (Å²) in [5.74, 6) is -0.319. The van der Waals surface area contributed by atoms with E-state index in [1.807, 2.05) is 18.0 Å². The van der Waals surface area contributed by atoms with E-state index in [2.05, 4.69) is 38.2 Å². The van der Waals surface area contributed by atoms with E-state index in [-0.39, 0.29) is 12.5 Å². The summed E-state index contributed by atoms with van der Waals surface area (Å²) < 4.78 is 0. The Hall–Kier alpha value is -1.55. The first kappa shape index (κ1) is 14.5. The number of hydrogen-bond donors (Lipinski definition) is 2. The minimum atomic E-state index is -0.319. The summed E-state index contributed by atoms with van der Waals surface area (Å²) in [6, 6.07) is 6.67. The quantitative estimate of drug-likeness (QED) is 0.801. The van der Waals surface area contributed by atoms with Gasteiger partial charge in [-0.05, 0) is 30.2 Å². The first-order chi connectivity index (χ1) is 8.40. The average molecular weight is 249 g/mol. The summed E-state index contributed by atoms with van der Waals surface area (Å²) in [4.78, 5) is 12.7. The highest BCUT2D eigenvalue weighted by atomic mass is 16.1. The van der Waals surface area contributed by atoms with Gasteiger partial charge < -0.3 is 16.0 Å². The molecule has 0 saturated carbocycles. The van der Waals surface area contributed by atoms with Gasteiger partial charge in [0.2, 0.25) is 5.91 Å². The summed E-state index contributed by atoms with van der Waals surface area (Å²) in [5.41, 5.74) is 8.70. The van der Waals surface area contributed by atoms with E-state index in [9.17, 15) is 4.79 Å². The number of aryl methyl sites for hydroxylation is 1. The molecule has 4 heteroatoms. The van der Waals surface area contributed by atoms with E-state index in [1.54, 1.807) is 0 Å². The molecule has 0 aliphatic carbocycles. The molecular weight excluding hydrogens is 226 g/mol. The van der Waals surface area contributed by atoms with Gasteiger partial charge in [-0.25, -0.2) is 0 Å². The molecule has 0 aromatic heterocycles. The van der Waals surface area contributed by atoms with E-state index in [0.717, 1.165) is 12.2 Å². The molecule has 0 aliphatic heterocycles. The third kappa shape index (κ3) is 4.37. The fraction of sp³-hybridized carbons (Fsp3) is 0.500. The summed E-state index contributed by atoms with van der Waals surface area (Å²) in [5, 5.41) is 3.40. The first-order valence-corrected chi connectivity index (χ1v) is 6.22. The van der Waals surface area contributed by atoms with Crippen LogP contribution in [0.5, 0.6) is 0 Å². The standard InChI is InChI=1S/C14H23N3O/c1-10(2)16-8-12-5-6-13(7-11(12)3)17(4)9-14(15)18/h5-7,10,16H,8-9H2,1-4H3,(H2,15,18). The zero-order chi connectivity index (χ0) is 13.7. The second-order valence-corrected chi connectivity index (χ2v) is 4.97. The van der Waals surface area contributed by atoms with Crippen molar-refractivity contribution in [1.82, 2.24) is 5.32 Å². The van der Waals surface area contributed by atoms with Crippen LogP contribution in [-0.2, 0) is 11.3 Å². The summed E-state index contributed by atoms with van der Waals surface area (Å²) >= 11 is 0. The fourth-order valence-corrected chi connectivity index (χ4v) is 1.75. The van der Waals surface area contributed by atoms with Gasteiger partial charge in [-0.15, -0.1) is 0 Å². The maximum atomic E-state index is 10.9. The number of nitrogens with one attached hydrogen (secondary N) is 1. The van der Waals surface area contributed by atoms with Crippen molar-refractivity contribution in [2.45, 2.75) is 33.4 Å². The smallest absolute Gasteiger partial charge is 0.236 e. The van der Waals surface area contributed by atoms with E-state index >= 15 is 0 Å². The van der Waals surface area contributed by atoms with Crippen molar-refractivity contribution < 1.29 is 4.79 Å². The Labute approximate surface area is 109 Å². The van der Waals surface area contributed by atoms with E-state index < -0.39 is 0 Å². The maximum absolute atomic E-state index is 10.9. The molecule has 3 N–H and O–H groups in total. The molecule has 4 nitrogen and oxygen atoms in total. The van der Waals surface area contributed by atoms with E-state index in [1.165, 1.54) is 11.1 Å². The number of carbonyl (C=O) groups excluding carboxylic acids is 1. The van der Waals surface area contributed by atoms with E-state index in [0.29, 0.717) is 6.04 Å². The Balaban J connectivity index is 2.75. The lowest BCUT2D eigenvalue weighted by Crippen LogP contribution is -2.30. The predicted molar refractivity (Wildman–Crippen MR) is 75.6 cm³/mol. The van der Waals surface area contributed by atoms with Crippen LogP contribution in [0.15, 0.2) is 18.2 Å². The molecule has 0 heterocycles. The van der Waals surface area contributed by atoms with Crippen molar-refractivity contribution in [3.8, 4) is 0 Å². The summed E-state index contributed by atoms with van der Waals surface area (Å²) in [6.45, 7) is 7.44. The van der Waals surface area contributed by atoms with Crippen molar-refractivity contribution in [1.29, 1.82) is 0 Å². The molecule has 0 radical (unpaired) electrons. The van der Waals surface area contributed by atoms with Gasteiger partial charge in [0.25, 0.3) is 0 Å². The first-order valence-electron chi connectivity index (χ1n) is 6.22. The number of rotatable bonds is 6. The largest absolute Gasteiger partial charge is 0.368 e. The fourth-order valence-electron chi connectivity index (χ4n) is 1.75. The van der Waals surface area contributed by atoms with Gasteiger partial charge in [0, 0.05) is 25.3 Å². The van der Waals surface area contributed by atoms with Gasteiger partial charge in [0.15, 0.2) is 0 Å². The highest BCUT2D eigenvalue weighted by Gasteiger charge is 2.06. The summed E-state index contributed by atoms with van der Waals surface area (Å²) in [7, 11) is 1.87. The minimum Gasteiger partial charge on any atom is -0.368 e. The second-order valence-electron chi connectivity index (χ2n) is 4.97. The lowest BCUT2D eigenvalue weighted by molar-refractivity contribution is -0.116. The number of primary amides is 1. The third-order valence-corrected chi connectivity index (χ3v) is 2.86. The normalized spacial score (nSPS) is 10.7. The van der Waals surface area contributed by atoms with Crippen LogP contribution in [0.1, 0.15) is 25.0 Å². The van der Waals surface area contributed by atoms with Gasteiger partial charge in [-0.2, -0.15) is 0 Å². The van der Waals surface area contributed by atoms with Crippen LogP contribution in [-0.4, -0.2) is 25.5 Å². The molecule has 0 spiro atoms. The van der Waals surface area contributed by atoms with Crippen LogP contribution < -0.4 is 16.0 Å². The number of nitrogens with two attached hydrogens (primary N) is 1. The van der Waals surface area contributed by atoms with Crippen molar-refractivity contribution in [3.05, 3.63) is 29.3 Å². The molecule has 0 bridgehead atoms. The Morgan fingerprint density at radius 2 is 2.11 bits per heavy atom. The van der Waals surface area contributed by atoms with Crippen molar-refractivity contribution >= 4 is 11.6 Å². The number of carbonyl (C=O) groups is 1. The number of likely N-dealkylation sites (N-methyl/N-ethyl adjacent to an activating group) is 1. The molecule has 100 valence electrons. The number of hydrogen-bond acceptors (Lipinski definition) is 3. The monoisotopic (exact) mass is 249 g/mol. The molecule has 18 heavy (non-hydrogen) atoms. The molecule has 0 aliphatic rings. The SMILES string of the molecule is Cc1cc(N(C)CC(N)=O)ccc1CNC(C)C. The predicted octanol–water partition coefficient (Wildman–Crippen LogP) is 1.41. The van der Waals surface area contributed by atoms with Gasteiger partial charge in [-0.1, -0.05) is 19.9 Å². The third-order valence-electron chi connectivity index (χ3n) is 2.86. The minimum absolute atomic E-state index is 0.239. The highest BCUT2D eigenvalue weighted by Crippen LogP contribution is 2.18. The van der Waals surface area contributed by atoms with Crippen molar-refractivity contribution in [2.75, 3.05) is 18.5 Å². The van der Waals surface area contributed by atoms with Crippen molar-refractivity contribution in [2.24, 2.45) is 5.73 Å². The Kier molecular flexibility index (Phi) is 5.16. The Bertz CT molecular complexity index is 416. The van der Waals surface area contributed by atoms with Crippen LogP contribution in [0.4, 0.5) is 5.69 Å².